The van der Waals surface area contributed by atoms with Crippen LogP contribution in [-0.2, 0) is 0 Å². The van der Waals surface area contributed by atoms with Gasteiger partial charge in [-0.1, -0.05) is 62.9 Å². The molecule has 1 heterocycles. The quantitative estimate of drug-likeness (QED) is 0.487. The Morgan fingerprint density at radius 2 is 1.76 bits per heavy atom. The second-order valence-corrected chi connectivity index (χ2v) is 6.41. The lowest BCUT2D eigenvalue weighted by Crippen LogP contribution is -2.24. The molecule has 0 aliphatic carbocycles. The van der Waals surface area contributed by atoms with Crippen LogP contribution in [0, 0.1) is 0 Å². The summed E-state index contributed by atoms with van der Waals surface area (Å²) in [4.78, 5) is 17.3. The van der Waals surface area contributed by atoms with Crippen molar-refractivity contribution in [1.82, 2.24) is 10.3 Å². The second kappa shape index (κ2) is 7.97. The molecule has 0 radical (unpaired) electrons. The number of anilines is 1. The predicted octanol–water partition coefficient (Wildman–Crippen LogP) is 4.67. The van der Waals surface area contributed by atoms with Crippen molar-refractivity contribution in [3.8, 4) is 0 Å². The fourth-order valence-electron chi connectivity index (χ4n) is 3.15. The fourth-order valence-corrected chi connectivity index (χ4v) is 3.15. The average molecular weight is 335 g/mol. The Balaban J connectivity index is 1.83. The summed E-state index contributed by atoms with van der Waals surface area (Å²) in [5, 5.41) is 4.76. The Labute approximate surface area is 148 Å². The molecule has 130 valence electrons. The molecule has 0 bridgehead atoms. The van der Waals surface area contributed by atoms with E-state index in [2.05, 4.69) is 17.2 Å². The number of nitrogens with one attached hydrogen (secondary N) is 1. The number of rotatable bonds is 7. The molecule has 2 aromatic carbocycles. The molecule has 0 atom stereocenters. The molecule has 3 rings (SSSR count). The van der Waals surface area contributed by atoms with Crippen LogP contribution in [0.5, 0.6) is 0 Å². The Kier molecular flexibility index (Phi) is 5.49. The van der Waals surface area contributed by atoms with E-state index < -0.39 is 0 Å². The third-order valence-electron chi connectivity index (χ3n) is 4.56. The van der Waals surface area contributed by atoms with E-state index in [1.807, 2.05) is 42.5 Å². The maximum Gasteiger partial charge on any atom is 0.253 e. The summed E-state index contributed by atoms with van der Waals surface area (Å²) in [6.07, 6.45) is 5.87. The molecular weight excluding hydrogens is 310 g/mol. The van der Waals surface area contributed by atoms with Crippen LogP contribution in [0.25, 0.3) is 21.8 Å². The van der Waals surface area contributed by atoms with Crippen LogP contribution in [-0.4, -0.2) is 17.4 Å². The number of para-hydroxylation sites is 2. The number of nitrogen functional groups attached to an aromatic ring is 1. The summed E-state index contributed by atoms with van der Waals surface area (Å²) in [7, 11) is 0. The lowest BCUT2D eigenvalue weighted by Gasteiger charge is -2.11. The molecule has 1 aromatic heterocycles. The number of amides is 1. The average Bonchev–Trinajstić information content (AvgIpc) is 2.64. The van der Waals surface area contributed by atoms with Gasteiger partial charge in [-0.05, 0) is 18.6 Å². The van der Waals surface area contributed by atoms with Gasteiger partial charge in [-0.25, -0.2) is 4.98 Å². The zero-order valence-corrected chi connectivity index (χ0v) is 14.7. The van der Waals surface area contributed by atoms with Crippen LogP contribution >= 0.6 is 0 Å². The zero-order valence-electron chi connectivity index (χ0n) is 14.7. The van der Waals surface area contributed by atoms with Gasteiger partial charge in [-0.3, -0.25) is 4.79 Å². The molecule has 0 unspecified atom stereocenters. The molecular formula is C21H25N3O. The molecule has 1 amide bonds. The van der Waals surface area contributed by atoms with E-state index >= 15 is 0 Å². The highest BCUT2D eigenvalue weighted by Gasteiger charge is 2.14. The molecule has 0 saturated carbocycles. The number of nitrogens with zero attached hydrogens (tertiary/aromatic N) is 1. The van der Waals surface area contributed by atoms with Crippen LogP contribution < -0.4 is 11.1 Å². The Morgan fingerprint density at radius 1 is 1.00 bits per heavy atom. The molecule has 4 nitrogen and oxygen atoms in total. The third kappa shape index (κ3) is 3.73. The van der Waals surface area contributed by atoms with Crippen molar-refractivity contribution in [2.24, 2.45) is 0 Å². The summed E-state index contributed by atoms with van der Waals surface area (Å²) < 4.78 is 0. The van der Waals surface area contributed by atoms with Crippen molar-refractivity contribution in [2.75, 3.05) is 12.3 Å². The third-order valence-corrected chi connectivity index (χ3v) is 4.56. The first kappa shape index (κ1) is 17.2. The highest BCUT2D eigenvalue weighted by Crippen LogP contribution is 2.29. The highest BCUT2D eigenvalue weighted by atomic mass is 16.1. The Bertz CT molecular complexity index is 889. The summed E-state index contributed by atoms with van der Waals surface area (Å²) in [5.41, 5.74) is 9.06. The second-order valence-electron chi connectivity index (χ2n) is 6.41. The number of nitrogens with two attached hydrogens (primary N) is 1. The summed E-state index contributed by atoms with van der Waals surface area (Å²) in [6, 6.07) is 13.4. The monoisotopic (exact) mass is 335 g/mol. The Hall–Kier alpha value is -2.62. The van der Waals surface area contributed by atoms with Crippen molar-refractivity contribution in [3.05, 3.63) is 48.0 Å². The van der Waals surface area contributed by atoms with E-state index in [0.29, 0.717) is 23.3 Å². The number of carbonyl (C=O) groups is 1. The maximum absolute atomic E-state index is 12.6. The van der Waals surface area contributed by atoms with Crippen LogP contribution in [0.15, 0.2) is 42.5 Å². The minimum atomic E-state index is -0.0803. The maximum atomic E-state index is 12.6. The highest BCUT2D eigenvalue weighted by molar-refractivity contribution is 6.13. The van der Waals surface area contributed by atoms with E-state index in [0.717, 1.165) is 29.1 Å². The molecule has 0 fully saturated rings. The number of unbranched alkanes of at least 4 members (excludes halogenated alkanes) is 4. The Morgan fingerprint density at radius 3 is 2.60 bits per heavy atom. The van der Waals surface area contributed by atoms with Gasteiger partial charge in [0.25, 0.3) is 5.91 Å². The van der Waals surface area contributed by atoms with Crippen molar-refractivity contribution in [1.29, 1.82) is 0 Å². The summed E-state index contributed by atoms with van der Waals surface area (Å²) >= 11 is 0. The fraction of sp³-hybridized carbons (Fsp3) is 0.333. The summed E-state index contributed by atoms with van der Waals surface area (Å²) in [5.74, 6) is -0.0803. The van der Waals surface area contributed by atoms with E-state index in [1.165, 1.54) is 19.3 Å². The zero-order chi connectivity index (χ0) is 17.6. The number of pyridine rings is 1. The van der Waals surface area contributed by atoms with Gasteiger partial charge in [0.2, 0.25) is 0 Å². The number of carbonyl (C=O) groups excluding carboxylic acids is 1. The normalized spacial score (nSPS) is 11.1. The first-order valence-electron chi connectivity index (χ1n) is 9.07. The predicted molar refractivity (Wildman–Crippen MR) is 105 cm³/mol. The van der Waals surface area contributed by atoms with Gasteiger partial charge in [-0.2, -0.15) is 0 Å². The number of hydrogen-bond donors (Lipinski definition) is 2. The molecule has 25 heavy (non-hydrogen) atoms. The van der Waals surface area contributed by atoms with Gasteiger partial charge in [0.15, 0.2) is 0 Å². The topological polar surface area (TPSA) is 68.0 Å². The number of fused-ring (bicyclic) bond motifs is 2. The number of hydrogen-bond acceptors (Lipinski definition) is 3. The standard InChI is InChI=1S/C21H25N3O/c1-2-3-4-5-8-14-23-21(25)17-12-9-11-16-19(22)15-10-6-7-13-18(15)24-20(16)17/h6-7,9-13H,2-5,8,14H2,1H3,(H2,22,24)(H,23,25). The van der Waals surface area contributed by atoms with Crippen molar-refractivity contribution < 1.29 is 4.79 Å². The molecule has 4 heteroatoms. The van der Waals surface area contributed by atoms with E-state index in [-0.39, 0.29) is 5.91 Å². The number of benzene rings is 2. The minimum absolute atomic E-state index is 0.0803. The van der Waals surface area contributed by atoms with Gasteiger partial charge in [0, 0.05) is 17.3 Å². The SMILES string of the molecule is CCCCCCCNC(=O)c1cccc2c(N)c3ccccc3nc12. The molecule has 3 aromatic rings. The van der Waals surface area contributed by atoms with E-state index in [9.17, 15) is 4.79 Å². The minimum Gasteiger partial charge on any atom is -0.398 e. The van der Waals surface area contributed by atoms with E-state index in [4.69, 9.17) is 5.73 Å². The van der Waals surface area contributed by atoms with Crippen LogP contribution in [0.1, 0.15) is 49.4 Å². The molecule has 3 N–H and O–H groups in total. The van der Waals surface area contributed by atoms with Crippen molar-refractivity contribution in [2.45, 2.75) is 39.0 Å². The molecule has 0 aliphatic rings. The van der Waals surface area contributed by atoms with Crippen molar-refractivity contribution in [3.63, 3.8) is 0 Å². The largest absolute Gasteiger partial charge is 0.398 e. The lowest BCUT2D eigenvalue weighted by molar-refractivity contribution is 0.0954. The van der Waals surface area contributed by atoms with Gasteiger partial charge in [0.05, 0.1) is 22.3 Å². The molecule has 0 aliphatic heterocycles. The first-order chi connectivity index (χ1) is 12.2. The van der Waals surface area contributed by atoms with Crippen LogP contribution in [0.4, 0.5) is 5.69 Å². The summed E-state index contributed by atoms with van der Waals surface area (Å²) in [6.45, 7) is 2.90. The smallest absolute Gasteiger partial charge is 0.253 e. The first-order valence-corrected chi connectivity index (χ1v) is 9.07. The lowest BCUT2D eigenvalue weighted by atomic mass is 10.0. The molecule has 0 saturated heterocycles. The molecule has 0 spiro atoms. The van der Waals surface area contributed by atoms with Crippen LogP contribution in [0.3, 0.4) is 0 Å². The van der Waals surface area contributed by atoms with Gasteiger partial charge < -0.3 is 11.1 Å². The van der Waals surface area contributed by atoms with Gasteiger partial charge in [-0.15, -0.1) is 0 Å². The number of aromatic nitrogens is 1. The van der Waals surface area contributed by atoms with E-state index in [1.54, 1.807) is 0 Å². The van der Waals surface area contributed by atoms with Crippen molar-refractivity contribution >= 4 is 33.4 Å². The van der Waals surface area contributed by atoms with Crippen LogP contribution in [0.2, 0.25) is 0 Å². The van der Waals surface area contributed by atoms with Gasteiger partial charge >= 0.3 is 0 Å². The van der Waals surface area contributed by atoms with Gasteiger partial charge in [0.1, 0.15) is 0 Å².